The van der Waals surface area contributed by atoms with Crippen molar-refractivity contribution in [2.24, 2.45) is 0 Å². The number of nitrogens with one attached hydrogen (secondary N) is 1. The lowest BCUT2D eigenvalue weighted by molar-refractivity contribution is -0.116. The Balaban J connectivity index is 2.27. The van der Waals surface area contributed by atoms with E-state index in [0.717, 1.165) is 12.0 Å². The Morgan fingerprint density at radius 3 is 2.84 bits per heavy atom. The van der Waals surface area contributed by atoms with Gasteiger partial charge in [0.1, 0.15) is 5.82 Å². The average molecular weight is 257 g/mol. The fraction of sp³-hybridized carbons (Fsp3) is 0.308. The molecule has 0 aliphatic carbocycles. The van der Waals surface area contributed by atoms with Crippen molar-refractivity contribution >= 4 is 11.9 Å². The zero-order valence-electron chi connectivity index (χ0n) is 10.9. The minimum Gasteiger partial charge on any atom is -0.294 e. The van der Waals surface area contributed by atoms with E-state index in [2.05, 4.69) is 25.3 Å². The third-order valence-electron chi connectivity index (χ3n) is 2.40. The van der Waals surface area contributed by atoms with Crippen LogP contribution in [0, 0.1) is 6.92 Å². The molecule has 0 fully saturated rings. The molecule has 1 N–H and O–H groups in total. The van der Waals surface area contributed by atoms with Crippen LogP contribution in [0.1, 0.15) is 25.6 Å². The summed E-state index contributed by atoms with van der Waals surface area (Å²) in [5.41, 5.74) is 0.791. The first-order chi connectivity index (χ1) is 9.19. The first-order valence-corrected chi connectivity index (χ1v) is 6.12. The summed E-state index contributed by atoms with van der Waals surface area (Å²) >= 11 is 0. The molecule has 6 heteroatoms. The summed E-state index contributed by atoms with van der Waals surface area (Å²) in [6.07, 6.45) is 4.59. The Labute approximate surface area is 111 Å². The lowest BCUT2D eigenvalue weighted by Gasteiger charge is -2.06. The van der Waals surface area contributed by atoms with E-state index < -0.39 is 0 Å². The van der Waals surface area contributed by atoms with Crippen LogP contribution in [0.3, 0.4) is 0 Å². The first kappa shape index (κ1) is 13.1. The summed E-state index contributed by atoms with van der Waals surface area (Å²) < 4.78 is 0. The van der Waals surface area contributed by atoms with Crippen LogP contribution < -0.4 is 5.32 Å². The SMILES string of the molecule is CCCC(=O)Nc1nc(C)nc(-c2cccnc2)n1. The normalized spacial score (nSPS) is 10.2. The van der Waals surface area contributed by atoms with E-state index in [0.29, 0.717) is 18.1 Å². The van der Waals surface area contributed by atoms with Gasteiger partial charge >= 0.3 is 0 Å². The van der Waals surface area contributed by atoms with E-state index in [1.54, 1.807) is 19.3 Å². The number of nitrogens with zero attached hydrogens (tertiary/aromatic N) is 4. The summed E-state index contributed by atoms with van der Waals surface area (Å²) in [6.45, 7) is 3.70. The van der Waals surface area contributed by atoms with Gasteiger partial charge in [0, 0.05) is 24.4 Å². The number of carbonyl (C=O) groups excluding carboxylic acids is 1. The molecular weight excluding hydrogens is 242 g/mol. The van der Waals surface area contributed by atoms with Crippen molar-refractivity contribution in [3.63, 3.8) is 0 Å². The molecule has 6 nitrogen and oxygen atoms in total. The molecule has 0 saturated carbocycles. The lowest BCUT2D eigenvalue weighted by atomic mass is 10.3. The van der Waals surface area contributed by atoms with Crippen molar-refractivity contribution in [3.8, 4) is 11.4 Å². The molecule has 2 aromatic rings. The van der Waals surface area contributed by atoms with E-state index in [1.807, 2.05) is 19.1 Å². The van der Waals surface area contributed by atoms with Crippen LogP contribution in [0.15, 0.2) is 24.5 Å². The minimum atomic E-state index is -0.0924. The van der Waals surface area contributed by atoms with Crippen LogP contribution >= 0.6 is 0 Å². The summed E-state index contributed by atoms with van der Waals surface area (Å²) in [4.78, 5) is 28.2. The topological polar surface area (TPSA) is 80.7 Å². The van der Waals surface area contributed by atoms with Gasteiger partial charge in [-0.25, -0.2) is 4.98 Å². The molecular formula is C13H15N5O. The highest BCUT2D eigenvalue weighted by Gasteiger charge is 2.08. The van der Waals surface area contributed by atoms with Gasteiger partial charge < -0.3 is 0 Å². The third kappa shape index (κ3) is 3.54. The Morgan fingerprint density at radius 1 is 1.32 bits per heavy atom. The van der Waals surface area contributed by atoms with E-state index >= 15 is 0 Å². The molecule has 0 spiro atoms. The molecule has 1 amide bonds. The Kier molecular flexibility index (Phi) is 4.12. The zero-order chi connectivity index (χ0) is 13.7. The predicted octanol–water partition coefficient (Wildman–Crippen LogP) is 1.98. The minimum absolute atomic E-state index is 0.0924. The Hall–Kier alpha value is -2.37. The van der Waals surface area contributed by atoms with Crippen LogP contribution in [0.2, 0.25) is 0 Å². The van der Waals surface area contributed by atoms with Crippen molar-refractivity contribution in [2.75, 3.05) is 5.32 Å². The molecule has 2 rings (SSSR count). The zero-order valence-corrected chi connectivity index (χ0v) is 10.9. The van der Waals surface area contributed by atoms with Gasteiger partial charge in [0.2, 0.25) is 11.9 Å². The number of amides is 1. The number of anilines is 1. The maximum absolute atomic E-state index is 11.5. The fourth-order valence-corrected chi connectivity index (χ4v) is 1.58. The van der Waals surface area contributed by atoms with Gasteiger partial charge in [-0.05, 0) is 25.5 Å². The largest absolute Gasteiger partial charge is 0.294 e. The summed E-state index contributed by atoms with van der Waals surface area (Å²) in [7, 11) is 0. The molecule has 0 unspecified atom stereocenters. The van der Waals surface area contributed by atoms with Crippen molar-refractivity contribution in [2.45, 2.75) is 26.7 Å². The van der Waals surface area contributed by atoms with Crippen LogP contribution in [0.25, 0.3) is 11.4 Å². The van der Waals surface area contributed by atoms with E-state index in [4.69, 9.17) is 0 Å². The summed E-state index contributed by atoms with van der Waals surface area (Å²) in [5, 5.41) is 2.67. The van der Waals surface area contributed by atoms with Crippen molar-refractivity contribution < 1.29 is 4.79 Å². The first-order valence-electron chi connectivity index (χ1n) is 6.12. The van der Waals surface area contributed by atoms with Crippen LogP contribution in [-0.4, -0.2) is 25.8 Å². The molecule has 98 valence electrons. The van der Waals surface area contributed by atoms with Gasteiger partial charge in [-0.3, -0.25) is 15.1 Å². The number of rotatable bonds is 4. The summed E-state index contributed by atoms with van der Waals surface area (Å²) in [5.74, 6) is 1.25. The van der Waals surface area contributed by atoms with Crippen LogP contribution in [-0.2, 0) is 4.79 Å². The standard InChI is InChI=1S/C13H15N5O/c1-3-5-11(19)17-13-16-9(2)15-12(18-13)10-6-4-7-14-8-10/h4,6-8H,3,5H2,1-2H3,(H,15,16,17,18,19). The maximum atomic E-state index is 11.5. The second-order valence-electron chi connectivity index (χ2n) is 4.07. The molecule has 0 radical (unpaired) electrons. The quantitative estimate of drug-likeness (QED) is 0.905. The molecule has 0 aliphatic rings. The number of hydrogen-bond donors (Lipinski definition) is 1. The van der Waals surface area contributed by atoms with Gasteiger partial charge in [-0.2, -0.15) is 9.97 Å². The van der Waals surface area contributed by atoms with Crippen molar-refractivity contribution in [1.82, 2.24) is 19.9 Å². The fourth-order valence-electron chi connectivity index (χ4n) is 1.58. The molecule has 0 aliphatic heterocycles. The highest BCUT2D eigenvalue weighted by atomic mass is 16.1. The van der Waals surface area contributed by atoms with Crippen LogP contribution in [0.4, 0.5) is 5.95 Å². The van der Waals surface area contributed by atoms with Crippen molar-refractivity contribution in [1.29, 1.82) is 0 Å². The number of aryl methyl sites for hydroxylation is 1. The highest BCUT2D eigenvalue weighted by molar-refractivity contribution is 5.88. The molecule has 0 saturated heterocycles. The summed E-state index contributed by atoms with van der Waals surface area (Å²) in [6, 6.07) is 3.67. The maximum Gasteiger partial charge on any atom is 0.233 e. The number of aromatic nitrogens is 4. The molecule has 0 atom stereocenters. The lowest BCUT2D eigenvalue weighted by Crippen LogP contribution is -2.14. The number of pyridine rings is 1. The Bertz CT molecular complexity index is 571. The monoisotopic (exact) mass is 257 g/mol. The van der Waals surface area contributed by atoms with Gasteiger partial charge in [-0.1, -0.05) is 6.92 Å². The van der Waals surface area contributed by atoms with Gasteiger partial charge in [0.15, 0.2) is 5.82 Å². The van der Waals surface area contributed by atoms with Crippen LogP contribution in [0.5, 0.6) is 0 Å². The third-order valence-corrected chi connectivity index (χ3v) is 2.40. The molecule has 2 aromatic heterocycles. The second-order valence-corrected chi connectivity index (χ2v) is 4.07. The van der Waals surface area contributed by atoms with Crippen molar-refractivity contribution in [3.05, 3.63) is 30.4 Å². The average Bonchev–Trinajstić information content (AvgIpc) is 2.39. The Morgan fingerprint density at radius 2 is 2.16 bits per heavy atom. The number of hydrogen-bond acceptors (Lipinski definition) is 5. The highest BCUT2D eigenvalue weighted by Crippen LogP contribution is 2.14. The second kappa shape index (κ2) is 5.99. The smallest absolute Gasteiger partial charge is 0.233 e. The van der Waals surface area contributed by atoms with Gasteiger partial charge in [0.25, 0.3) is 0 Å². The molecule has 2 heterocycles. The number of carbonyl (C=O) groups is 1. The van der Waals surface area contributed by atoms with Gasteiger partial charge in [0.05, 0.1) is 0 Å². The molecule has 19 heavy (non-hydrogen) atoms. The molecule has 0 bridgehead atoms. The van der Waals surface area contributed by atoms with E-state index in [-0.39, 0.29) is 11.9 Å². The van der Waals surface area contributed by atoms with E-state index in [1.165, 1.54) is 0 Å². The van der Waals surface area contributed by atoms with E-state index in [9.17, 15) is 4.79 Å². The molecule has 0 aromatic carbocycles. The predicted molar refractivity (Wildman–Crippen MR) is 71.3 cm³/mol. The van der Waals surface area contributed by atoms with Gasteiger partial charge in [-0.15, -0.1) is 0 Å².